The topological polar surface area (TPSA) is 102 Å². The Hall–Kier alpha value is -3.66. The number of nitrogens with zero attached hydrogens (tertiary/aromatic N) is 5. The Balaban J connectivity index is 1.45. The number of nitrogens with two attached hydrogens (primary N) is 1. The molecule has 3 N–H and O–H groups in total. The van der Waals surface area contributed by atoms with Gasteiger partial charge in [0.1, 0.15) is 52.8 Å². The highest BCUT2D eigenvalue weighted by Gasteiger charge is 2.50. The molecule has 5 atom stereocenters. The van der Waals surface area contributed by atoms with Crippen molar-refractivity contribution in [2.75, 3.05) is 43.4 Å². The Bertz CT molecular complexity index is 1710. The first kappa shape index (κ1) is 31.0. The molecule has 248 valence electrons. The Morgan fingerprint density at radius 3 is 2.67 bits per heavy atom. The summed E-state index contributed by atoms with van der Waals surface area (Å²) in [6.07, 6.45) is -4.55. The molecule has 3 aromatic rings. The van der Waals surface area contributed by atoms with Gasteiger partial charge in [-0.15, -0.1) is 0 Å². The zero-order valence-corrected chi connectivity index (χ0v) is 25.0. The number of fused-ring (bicyclic) bond motifs is 3. The number of ether oxygens (including phenoxy) is 2. The lowest BCUT2D eigenvalue weighted by Crippen LogP contribution is -2.62. The molecule has 1 aromatic carbocycles. The molecule has 16 heteroatoms. The molecular formula is C30H32F7N7O2. The fourth-order valence-corrected chi connectivity index (χ4v) is 7.68. The van der Waals surface area contributed by atoms with E-state index in [0.29, 0.717) is 32.5 Å². The van der Waals surface area contributed by atoms with Crippen LogP contribution in [0, 0.1) is 17.5 Å². The van der Waals surface area contributed by atoms with E-state index in [-0.39, 0.29) is 60.8 Å². The van der Waals surface area contributed by atoms with E-state index in [1.54, 1.807) is 6.92 Å². The molecule has 3 fully saturated rings. The molecule has 4 aliphatic rings. The van der Waals surface area contributed by atoms with Crippen LogP contribution < -0.4 is 25.4 Å². The summed E-state index contributed by atoms with van der Waals surface area (Å²) in [5.74, 6) is -5.04. The quantitative estimate of drug-likeness (QED) is 0.291. The standard InChI is InChI=1S/C30H32F7N7O2/c1-3-17-25-13(2)46-27-19-24(21(34)23(40-27)18-15(30(35,36)37)9-16(32)22(38)20(18)33)41-28(42-26(19)44(25)8-6-39-17)45-12-29-5-4-7-43(29)11-14(31)10-29/h9,13-14,17,25,39H,3-8,10-12,38H2,1-2H3/t13-,14+,17-,25+,29-/m0/s1. The smallest absolute Gasteiger partial charge is 0.417 e. The molecule has 0 unspecified atom stereocenters. The molecule has 46 heavy (non-hydrogen) atoms. The molecule has 0 spiro atoms. The average molecular weight is 656 g/mol. The third kappa shape index (κ3) is 4.78. The SMILES string of the molecule is CC[C@@H]1NCCN2c3nc(OC[C@@]45CCCN4C[C@H](F)C5)nc4c(F)c(-c5c(C(F)(F)F)cc(F)c(N)c5F)nc(c34)O[C@@H](C)[C@H]12. The van der Waals surface area contributed by atoms with Gasteiger partial charge in [-0.3, -0.25) is 4.90 Å². The van der Waals surface area contributed by atoms with E-state index in [9.17, 15) is 22.0 Å². The maximum Gasteiger partial charge on any atom is 0.417 e. The van der Waals surface area contributed by atoms with Crippen LogP contribution in [0.1, 0.15) is 45.1 Å². The second kappa shape index (κ2) is 11.0. The second-order valence-electron chi connectivity index (χ2n) is 12.5. The van der Waals surface area contributed by atoms with Crippen molar-refractivity contribution >= 4 is 22.4 Å². The fourth-order valence-electron chi connectivity index (χ4n) is 7.68. The van der Waals surface area contributed by atoms with Gasteiger partial charge in [0.15, 0.2) is 11.6 Å². The number of nitrogens with one attached hydrogen (secondary N) is 1. The fraction of sp³-hybridized carbons (Fsp3) is 0.567. The van der Waals surface area contributed by atoms with E-state index in [0.717, 1.165) is 6.42 Å². The summed E-state index contributed by atoms with van der Waals surface area (Å²) in [6, 6.07) is -0.776. The van der Waals surface area contributed by atoms with Gasteiger partial charge in [0, 0.05) is 32.1 Å². The first-order valence-electron chi connectivity index (χ1n) is 15.3. The lowest BCUT2D eigenvalue weighted by molar-refractivity contribution is -0.137. The van der Waals surface area contributed by atoms with Crippen LogP contribution in [-0.2, 0) is 6.18 Å². The van der Waals surface area contributed by atoms with Gasteiger partial charge < -0.3 is 25.4 Å². The highest BCUT2D eigenvalue weighted by molar-refractivity contribution is 5.97. The van der Waals surface area contributed by atoms with E-state index in [1.165, 1.54) is 0 Å². The summed E-state index contributed by atoms with van der Waals surface area (Å²) in [4.78, 5) is 16.9. The van der Waals surface area contributed by atoms with Crippen molar-refractivity contribution in [1.29, 1.82) is 0 Å². The van der Waals surface area contributed by atoms with Gasteiger partial charge in [-0.25, -0.2) is 22.5 Å². The number of rotatable bonds is 5. The van der Waals surface area contributed by atoms with Crippen molar-refractivity contribution in [1.82, 2.24) is 25.2 Å². The number of anilines is 2. The third-order valence-electron chi connectivity index (χ3n) is 9.76. The van der Waals surface area contributed by atoms with Crippen LogP contribution in [0.15, 0.2) is 6.07 Å². The summed E-state index contributed by atoms with van der Waals surface area (Å²) < 4.78 is 115. The second-order valence-corrected chi connectivity index (χ2v) is 12.5. The summed E-state index contributed by atoms with van der Waals surface area (Å²) in [6.45, 7) is 5.62. The molecular weight excluding hydrogens is 623 g/mol. The highest BCUT2D eigenvalue weighted by atomic mass is 19.4. The number of nitrogen functional groups attached to an aromatic ring is 1. The van der Waals surface area contributed by atoms with E-state index < -0.39 is 69.5 Å². The Morgan fingerprint density at radius 2 is 1.93 bits per heavy atom. The van der Waals surface area contributed by atoms with E-state index in [2.05, 4.69) is 20.3 Å². The Labute approximate surface area is 259 Å². The van der Waals surface area contributed by atoms with Crippen molar-refractivity contribution in [3.8, 4) is 23.1 Å². The zero-order chi connectivity index (χ0) is 32.7. The first-order valence-corrected chi connectivity index (χ1v) is 15.3. The summed E-state index contributed by atoms with van der Waals surface area (Å²) >= 11 is 0. The zero-order valence-electron chi connectivity index (χ0n) is 25.0. The molecule has 9 nitrogen and oxygen atoms in total. The molecule has 0 bridgehead atoms. The number of hydrogen-bond acceptors (Lipinski definition) is 9. The minimum absolute atomic E-state index is 0.00159. The van der Waals surface area contributed by atoms with Crippen LogP contribution in [0.25, 0.3) is 22.2 Å². The van der Waals surface area contributed by atoms with Gasteiger partial charge in [-0.1, -0.05) is 6.92 Å². The van der Waals surface area contributed by atoms with Gasteiger partial charge in [0.05, 0.1) is 22.7 Å². The van der Waals surface area contributed by atoms with Crippen LogP contribution in [0.2, 0.25) is 0 Å². The molecule has 7 rings (SSSR count). The van der Waals surface area contributed by atoms with E-state index in [4.69, 9.17) is 15.2 Å². The number of piperazine rings is 1. The molecule has 6 heterocycles. The number of hydrogen-bond donors (Lipinski definition) is 2. The molecule has 0 radical (unpaired) electrons. The van der Waals surface area contributed by atoms with Crippen LogP contribution >= 0.6 is 0 Å². The van der Waals surface area contributed by atoms with E-state index in [1.807, 2.05) is 16.7 Å². The largest absolute Gasteiger partial charge is 0.472 e. The monoisotopic (exact) mass is 655 g/mol. The Kier molecular flexibility index (Phi) is 7.38. The molecule has 2 aromatic heterocycles. The van der Waals surface area contributed by atoms with Crippen molar-refractivity contribution in [3.05, 3.63) is 29.1 Å². The van der Waals surface area contributed by atoms with Gasteiger partial charge in [0.2, 0.25) is 5.88 Å². The lowest BCUT2D eigenvalue weighted by atomic mass is 9.95. The van der Waals surface area contributed by atoms with Gasteiger partial charge in [0.25, 0.3) is 0 Å². The van der Waals surface area contributed by atoms with Crippen molar-refractivity contribution in [2.45, 2.75) is 75.6 Å². The summed E-state index contributed by atoms with van der Waals surface area (Å²) in [7, 11) is 0. The average Bonchev–Trinajstić information content (AvgIpc) is 3.50. The van der Waals surface area contributed by atoms with Gasteiger partial charge >= 0.3 is 12.2 Å². The number of alkyl halides is 4. The van der Waals surface area contributed by atoms with Crippen molar-refractivity contribution < 1.29 is 40.2 Å². The van der Waals surface area contributed by atoms with Crippen LogP contribution in [0.4, 0.5) is 42.2 Å². The van der Waals surface area contributed by atoms with Crippen LogP contribution in [0.5, 0.6) is 11.9 Å². The maximum absolute atomic E-state index is 16.6. The van der Waals surface area contributed by atoms with Crippen LogP contribution in [0.3, 0.4) is 0 Å². The number of benzene rings is 1. The maximum atomic E-state index is 16.6. The third-order valence-corrected chi connectivity index (χ3v) is 9.76. The van der Waals surface area contributed by atoms with Gasteiger partial charge in [-0.05, 0) is 38.8 Å². The lowest BCUT2D eigenvalue weighted by Gasteiger charge is -2.43. The number of pyridine rings is 1. The first-order chi connectivity index (χ1) is 21.8. The normalized spacial score (nSPS) is 27.8. The molecule has 4 aliphatic heterocycles. The Morgan fingerprint density at radius 1 is 1.15 bits per heavy atom. The number of aromatic nitrogens is 3. The summed E-state index contributed by atoms with van der Waals surface area (Å²) in [5, 5.41) is 3.39. The predicted molar refractivity (Wildman–Crippen MR) is 154 cm³/mol. The minimum Gasteiger partial charge on any atom is -0.472 e. The predicted octanol–water partition coefficient (Wildman–Crippen LogP) is 5.00. The molecule has 0 amide bonds. The van der Waals surface area contributed by atoms with Crippen molar-refractivity contribution in [3.63, 3.8) is 0 Å². The van der Waals surface area contributed by atoms with Gasteiger partial charge in [-0.2, -0.15) is 23.1 Å². The summed E-state index contributed by atoms with van der Waals surface area (Å²) in [5.41, 5.74) is -1.20. The minimum atomic E-state index is -5.30. The number of halogens is 7. The highest BCUT2D eigenvalue weighted by Crippen LogP contribution is 2.47. The van der Waals surface area contributed by atoms with Crippen LogP contribution in [-0.4, -0.2) is 82.5 Å². The molecule has 3 saturated heterocycles. The van der Waals surface area contributed by atoms with E-state index >= 15 is 8.78 Å². The molecule has 0 saturated carbocycles. The molecule has 0 aliphatic carbocycles. The van der Waals surface area contributed by atoms with Crippen molar-refractivity contribution in [2.24, 2.45) is 0 Å².